The van der Waals surface area contributed by atoms with Crippen molar-refractivity contribution >= 4 is 22.6 Å². The SMILES string of the molecule is CCCCn1cc(C(=O)O)c(=O)c2cc(F)c(N3CCNCC3)cc21. The molecule has 134 valence electrons. The van der Waals surface area contributed by atoms with E-state index in [-0.39, 0.29) is 10.9 Å². The summed E-state index contributed by atoms with van der Waals surface area (Å²) in [5.74, 6) is -1.78. The number of anilines is 1. The van der Waals surface area contributed by atoms with Crippen molar-refractivity contribution in [3.63, 3.8) is 0 Å². The Kier molecular flexibility index (Phi) is 5.03. The number of aromatic carboxylic acids is 1. The molecule has 1 aliphatic rings. The van der Waals surface area contributed by atoms with Crippen molar-refractivity contribution in [3.05, 3.63) is 39.9 Å². The maximum atomic E-state index is 14.6. The Morgan fingerprint density at radius 3 is 2.68 bits per heavy atom. The van der Waals surface area contributed by atoms with Crippen LogP contribution in [0, 0.1) is 5.82 Å². The van der Waals surface area contributed by atoms with Gasteiger partial charge in [0.2, 0.25) is 5.43 Å². The number of fused-ring (bicyclic) bond motifs is 1. The molecule has 2 aromatic rings. The highest BCUT2D eigenvalue weighted by Crippen LogP contribution is 2.26. The number of piperazine rings is 1. The fourth-order valence-electron chi connectivity index (χ4n) is 3.21. The first-order valence-electron chi connectivity index (χ1n) is 8.58. The summed E-state index contributed by atoms with van der Waals surface area (Å²) in [5.41, 5.74) is 0.0824. The average Bonchev–Trinajstić information content (AvgIpc) is 2.61. The Labute approximate surface area is 144 Å². The van der Waals surface area contributed by atoms with Crippen LogP contribution in [0.3, 0.4) is 0 Å². The van der Waals surface area contributed by atoms with E-state index in [0.717, 1.165) is 25.9 Å². The number of nitrogens with zero attached hydrogens (tertiary/aromatic N) is 2. The lowest BCUT2D eigenvalue weighted by Crippen LogP contribution is -2.43. The third-order valence-electron chi connectivity index (χ3n) is 4.59. The van der Waals surface area contributed by atoms with Crippen LogP contribution in [0.15, 0.2) is 23.1 Å². The third-order valence-corrected chi connectivity index (χ3v) is 4.59. The normalized spacial score (nSPS) is 14.9. The number of unbranched alkanes of at least 4 members (excludes halogenated alkanes) is 1. The van der Waals surface area contributed by atoms with Gasteiger partial charge in [0.05, 0.1) is 11.2 Å². The number of halogens is 1. The smallest absolute Gasteiger partial charge is 0.341 e. The van der Waals surface area contributed by atoms with E-state index < -0.39 is 17.2 Å². The molecule has 2 heterocycles. The molecule has 0 spiro atoms. The number of benzene rings is 1. The summed E-state index contributed by atoms with van der Waals surface area (Å²) in [6, 6.07) is 2.86. The van der Waals surface area contributed by atoms with Gasteiger partial charge >= 0.3 is 5.97 Å². The van der Waals surface area contributed by atoms with Gasteiger partial charge in [-0.05, 0) is 18.6 Å². The van der Waals surface area contributed by atoms with Crippen molar-refractivity contribution in [2.45, 2.75) is 26.3 Å². The fourth-order valence-corrected chi connectivity index (χ4v) is 3.21. The van der Waals surface area contributed by atoms with E-state index in [9.17, 15) is 19.1 Å². The maximum absolute atomic E-state index is 14.6. The number of aromatic nitrogens is 1. The number of hydrogen-bond donors (Lipinski definition) is 2. The van der Waals surface area contributed by atoms with Crippen molar-refractivity contribution in [1.82, 2.24) is 9.88 Å². The predicted octanol–water partition coefficient (Wildman–Crippen LogP) is 2.05. The minimum atomic E-state index is -1.29. The van der Waals surface area contributed by atoms with Gasteiger partial charge in [-0.2, -0.15) is 0 Å². The zero-order valence-corrected chi connectivity index (χ0v) is 14.2. The van der Waals surface area contributed by atoms with E-state index in [1.165, 1.54) is 12.3 Å². The summed E-state index contributed by atoms with van der Waals surface area (Å²) >= 11 is 0. The lowest BCUT2D eigenvalue weighted by molar-refractivity contribution is 0.0695. The second kappa shape index (κ2) is 7.23. The van der Waals surface area contributed by atoms with Crippen LogP contribution in [0.1, 0.15) is 30.1 Å². The Morgan fingerprint density at radius 1 is 1.32 bits per heavy atom. The first-order chi connectivity index (χ1) is 12.0. The monoisotopic (exact) mass is 347 g/mol. The second-order valence-electron chi connectivity index (χ2n) is 6.28. The van der Waals surface area contributed by atoms with Crippen molar-refractivity contribution in [3.8, 4) is 0 Å². The summed E-state index contributed by atoms with van der Waals surface area (Å²) in [6.07, 6.45) is 3.15. The van der Waals surface area contributed by atoms with Crippen LogP contribution in [-0.4, -0.2) is 41.8 Å². The van der Waals surface area contributed by atoms with Gasteiger partial charge < -0.3 is 19.9 Å². The molecular formula is C18H22FN3O3. The highest BCUT2D eigenvalue weighted by molar-refractivity contribution is 5.93. The summed E-state index contributed by atoms with van der Waals surface area (Å²) in [4.78, 5) is 25.8. The topological polar surface area (TPSA) is 74.6 Å². The standard InChI is InChI=1S/C18H22FN3O3/c1-2-3-6-22-11-13(18(24)25)17(23)12-9-14(19)16(10-15(12)22)21-7-4-20-5-8-21/h9-11,20H,2-8H2,1H3,(H,24,25). The number of pyridine rings is 1. The molecule has 0 radical (unpaired) electrons. The molecule has 0 bridgehead atoms. The first-order valence-corrected chi connectivity index (χ1v) is 8.58. The molecule has 2 N–H and O–H groups in total. The highest BCUT2D eigenvalue weighted by Gasteiger charge is 2.20. The van der Waals surface area contributed by atoms with Crippen LogP contribution in [0.4, 0.5) is 10.1 Å². The Hall–Kier alpha value is -2.41. The van der Waals surface area contributed by atoms with E-state index in [2.05, 4.69) is 5.32 Å². The minimum Gasteiger partial charge on any atom is -0.477 e. The van der Waals surface area contributed by atoms with Crippen molar-refractivity contribution < 1.29 is 14.3 Å². The number of carboxylic acids is 1. The fraction of sp³-hybridized carbons (Fsp3) is 0.444. The van der Waals surface area contributed by atoms with Gasteiger partial charge in [-0.15, -0.1) is 0 Å². The lowest BCUT2D eigenvalue weighted by Gasteiger charge is -2.30. The molecule has 0 unspecified atom stereocenters. The van der Waals surface area contributed by atoms with E-state index in [1.807, 2.05) is 11.8 Å². The van der Waals surface area contributed by atoms with Crippen molar-refractivity contribution in [1.29, 1.82) is 0 Å². The molecule has 1 aromatic carbocycles. The van der Waals surface area contributed by atoms with Crippen LogP contribution in [0.5, 0.6) is 0 Å². The van der Waals surface area contributed by atoms with Crippen LogP contribution in [0.25, 0.3) is 10.9 Å². The van der Waals surface area contributed by atoms with Gasteiger partial charge in [0.25, 0.3) is 0 Å². The molecule has 1 aromatic heterocycles. The Morgan fingerprint density at radius 2 is 2.04 bits per heavy atom. The predicted molar refractivity (Wildman–Crippen MR) is 95.1 cm³/mol. The van der Waals surface area contributed by atoms with Crippen molar-refractivity contribution in [2.75, 3.05) is 31.1 Å². The average molecular weight is 347 g/mol. The minimum absolute atomic E-state index is 0.118. The van der Waals surface area contributed by atoms with Crippen LogP contribution < -0.4 is 15.6 Å². The van der Waals surface area contributed by atoms with E-state index in [4.69, 9.17) is 0 Å². The zero-order chi connectivity index (χ0) is 18.0. The summed E-state index contributed by atoms with van der Waals surface area (Å²) in [5, 5.41) is 12.6. The molecule has 0 aliphatic carbocycles. The number of aryl methyl sites for hydroxylation is 1. The quantitative estimate of drug-likeness (QED) is 0.866. The van der Waals surface area contributed by atoms with Gasteiger partial charge in [0, 0.05) is 44.3 Å². The Balaban J connectivity index is 2.20. The van der Waals surface area contributed by atoms with Crippen molar-refractivity contribution in [2.24, 2.45) is 0 Å². The number of rotatable bonds is 5. The number of hydrogen-bond acceptors (Lipinski definition) is 4. The molecule has 3 rings (SSSR count). The molecule has 0 amide bonds. The van der Waals surface area contributed by atoms with Crippen LogP contribution in [0.2, 0.25) is 0 Å². The first kappa shape index (κ1) is 17.4. The summed E-state index contributed by atoms with van der Waals surface area (Å²) in [7, 11) is 0. The molecule has 25 heavy (non-hydrogen) atoms. The largest absolute Gasteiger partial charge is 0.477 e. The maximum Gasteiger partial charge on any atom is 0.341 e. The zero-order valence-electron chi connectivity index (χ0n) is 14.2. The molecule has 1 fully saturated rings. The van der Waals surface area contributed by atoms with Gasteiger partial charge in [-0.25, -0.2) is 9.18 Å². The van der Waals surface area contributed by atoms with Crippen LogP contribution >= 0.6 is 0 Å². The summed E-state index contributed by atoms with van der Waals surface area (Å²) in [6.45, 7) is 5.55. The molecule has 0 saturated carbocycles. The Bertz CT molecular complexity index is 857. The highest BCUT2D eigenvalue weighted by atomic mass is 19.1. The number of nitrogens with one attached hydrogen (secondary N) is 1. The number of carbonyl (C=O) groups is 1. The van der Waals surface area contributed by atoms with Gasteiger partial charge in [0.1, 0.15) is 11.4 Å². The van der Waals surface area contributed by atoms with Crippen LogP contribution in [-0.2, 0) is 6.54 Å². The second-order valence-corrected chi connectivity index (χ2v) is 6.28. The van der Waals surface area contributed by atoms with Gasteiger partial charge in [0.15, 0.2) is 0 Å². The third kappa shape index (κ3) is 3.37. The van der Waals surface area contributed by atoms with E-state index in [0.29, 0.717) is 30.8 Å². The molecule has 6 nitrogen and oxygen atoms in total. The molecule has 1 saturated heterocycles. The van der Waals surface area contributed by atoms with E-state index in [1.54, 1.807) is 10.6 Å². The molecule has 0 atom stereocenters. The van der Waals surface area contributed by atoms with E-state index >= 15 is 0 Å². The molecule has 1 aliphatic heterocycles. The molecular weight excluding hydrogens is 325 g/mol. The molecule has 7 heteroatoms. The van der Waals surface area contributed by atoms with Gasteiger partial charge in [-0.1, -0.05) is 13.3 Å². The lowest BCUT2D eigenvalue weighted by atomic mass is 10.1. The number of carboxylic acid groups (broad SMARTS) is 1. The summed E-state index contributed by atoms with van der Waals surface area (Å²) < 4.78 is 16.4. The van der Waals surface area contributed by atoms with Gasteiger partial charge in [-0.3, -0.25) is 4.79 Å².